The van der Waals surface area contributed by atoms with E-state index in [9.17, 15) is 0 Å². The Balaban J connectivity index is 1.19. The summed E-state index contributed by atoms with van der Waals surface area (Å²) in [5, 5.41) is 4.56. The van der Waals surface area contributed by atoms with Crippen molar-refractivity contribution in [3.05, 3.63) is 206 Å². The summed E-state index contributed by atoms with van der Waals surface area (Å²) in [6, 6.07) is 72.9. The monoisotopic (exact) mass is 690 g/mol. The van der Waals surface area contributed by atoms with Crippen LogP contribution in [0.25, 0.3) is 77.5 Å². The predicted octanol–water partition coefficient (Wildman–Crippen LogP) is 14.3. The molecule has 1 aromatic heterocycles. The first-order chi connectivity index (χ1) is 26.8. The number of benzene rings is 9. The molecule has 54 heavy (non-hydrogen) atoms. The molecular weight excluding hydrogens is 657 g/mol. The molecule has 0 aliphatic heterocycles. The maximum atomic E-state index is 6.66. The first kappa shape index (κ1) is 31.5. The lowest BCUT2D eigenvalue weighted by Crippen LogP contribution is -2.11. The quantitative estimate of drug-likeness (QED) is 0.167. The van der Waals surface area contributed by atoms with Gasteiger partial charge in [-0.05, 0) is 92.0 Å². The zero-order chi connectivity index (χ0) is 35.8. The molecule has 9 aromatic carbocycles. The highest BCUT2D eigenvalue weighted by atomic mass is 16.3. The second-order valence-electron chi connectivity index (χ2n) is 13.6. The molecule has 0 unspecified atom stereocenters. The third-order valence-corrected chi connectivity index (χ3v) is 10.3. The summed E-state index contributed by atoms with van der Waals surface area (Å²) in [7, 11) is 0. The third kappa shape index (κ3) is 5.60. The highest BCUT2D eigenvalue weighted by Crippen LogP contribution is 2.45. The van der Waals surface area contributed by atoms with Gasteiger partial charge in [0.2, 0.25) is 5.89 Å². The molecule has 0 atom stereocenters. The molecule has 3 nitrogen and oxygen atoms in total. The minimum absolute atomic E-state index is 0.598. The van der Waals surface area contributed by atoms with E-state index >= 15 is 0 Å². The summed E-state index contributed by atoms with van der Waals surface area (Å²) in [6.45, 7) is 0. The molecule has 0 radical (unpaired) electrons. The molecule has 0 saturated carbocycles. The van der Waals surface area contributed by atoms with Gasteiger partial charge in [0.25, 0.3) is 0 Å². The molecule has 0 fully saturated rings. The van der Waals surface area contributed by atoms with E-state index in [1.807, 2.05) is 30.3 Å². The zero-order valence-electron chi connectivity index (χ0n) is 29.4. The Morgan fingerprint density at radius 3 is 1.59 bits per heavy atom. The maximum absolute atomic E-state index is 6.66. The molecular formula is C51H34N2O. The highest BCUT2D eigenvalue weighted by molar-refractivity contribution is 6.11. The molecule has 1 heterocycles. The van der Waals surface area contributed by atoms with Gasteiger partial charge in [-0.3, -0.25) is 0 Å². The first-order valence-electron chi connectivity index (χ1n) is 18.3. The van der Waals surface area contributed by atoms with Gasteiger partial charge in [-0.1, -0.05) is 164 Å². The Bertz CT molecular complexity index is 2920. The van der Waals surface area contributed by atoms with E-state index in [1.165, 1.54) is 33.0 Å². The molecule has 0 aliphatic carbocycles. The van der Waals surface area contributed by atoms with Crippen molar-refractivity contribution in [1.29, 1.82) is 0 Å². The van der Waals surface area contributed by atoms with Gasteiger partial charge in [-0.25, -0.2) is 4.98 Å². The van der Waals surface area contributed by atoms with Crippen molar-refractivity contribution in [3.8, 4) is 44.8 Å². The van der Waals surface area contributed by atoms with Crippen molar-refractivity contribution in [2.24, 2.45) is 0 Å². The van der Waals surface area contributed by atoms with E-state index in [-0.39, 0.29) is 0 Å². The first-order valence-corrected chi connectivity index (χ1v) is 18.3. The van der Waals surface area contributed by atoms with Gasteiger partial charge in [0.1, 0.15) is 5.52 Å². The van der Waals surface area contributed by atoms with Crippen LogP contribution in [0.15, 0.2) is 211 Å². The van der Waals surface area contributed by atoms with Crippen LogP contribution in [0, 0.1) is 0 Å². The minimum atomic E-state index is 0.598. The van der Waals surface area contributed by atoms with Crippen molar-refractivity contribution < 1.29 is 4.42 Å². The van der Waals surface area contributed by atoms with E-state index in [4.69, 9.17) is 9.40 Å². The molecule has 10 aromatic rings. The average molecular weight is 691 g/mol. The fourth-order valence-corrected chi connectivity index (χ4v) is 7.69. The second-order valence-corrected chi connectivity index (χ2v) is 13.6. The fraction of sp³-hybridized carbons (Fsp3) is 0. The van der Waals surface area contributed by atoms with Gasteiger partial charge in [0.05, 0.1) is 5.69 Å². The Hall–Kier alpha value is -7.23. The van der Waals surface area contributed by atoms with Gasteiger partial charge >= 0.3 is 0 Å². The van der Waals surface area contributed by atoms with Crippen LogP contribution in [0.1, 0.15) is 0 Å². The number of nitrogens with zero attached hydrogens (tertiary/aromatic N) is 2. The standard InChI is InChI=1S/C51H34N2O/c1-4-15-35(16-5-1)36-27-29-41(30-28-36)53(48-34-40-21-10-11-24-45(40)50-49(48)52-51(54-50)38-19-8-3-9-20-38)42-23-14-22-39(33-42)44-32-31-43(37-17-6-2-7-18-37)46-25-12-13-26-47(44)46/h1-34H. The van der Waals surface area contributed by atoms with Gasteiger partial charge < -0.3 is 9.32 Å². The molecule has 10 rings (SSSR count). The SMILES string of the molecule is c1ccc(-c2ccc(N(c3cccc(-c4ccc(-c5ccccc5)c5ccccc45)c3)c3cc4ccccc4c4oc(-c5ccccc5)nc34)cc2)cc1. The smallest absolute Gasteiger partial charge is 0.227 e. The van der Waals surface area contributed by atoms with Gasteiger partial charge in [-0.2, -0.15) is 0 Å². The average Bonchev–Trinajstić information content (AvgIpc) is 3.71. The van der Waals surface area contributed by atoms with Crippen LogP contribution in [-0.2, 0) is 0 Å². The number of rotatable bonds is 7. The summed E-state index contributed by atoms with van der Waals surface area (Å²) in [4.78, 5) is 7.55. The number of anilines is 3. The normalized spacial score (nSPS) is 11.3. The predicted molar refractivity (Wildman–Crippen MR) is 225 cm³/mol. The van der Waals surface area contributed by atoms with Gasteiger partial charge in [-0.15, -0.1) is 0 Å². The Labute approximate surface area is 314 Å². The number of hydrogen-bond donors (Lipinski definition) is 0. The van der Waals surface area contributed by atoms with Crippen LogP contribution < -0.4 is 4.90 Å². The van der Waals surface area contributed by atoms with Crippen molar-refractivity contribution >= 4 is 49.7 Å². The van der Waals surface area contributed by atoms with Crippen molar-refractivity contribution in [1.82, 2.24) is 4.98 Å². The lowest BCUT2D eigenvalue weighted by molar-refractivity contribution is 0.623. The summed E-state index contributed by atoms with van der Waals surface area (Å²) < 4.78 is 6.66. The summed E-state index contributed by atoms with van der Waals surface area (Å²) >= 11 is 0. The second kappa shape index (κ2) is 13.4. The van der Waals surface area contributed by atoms with Crippen molar-refractivity contribution in [2.75, 3.05) is 4.90 Å². The van der Waals surface area contributed by atoms with Crippen LogP contribution in [0.5, 0.6) is 0 Å². The van der Waals surface area contributed by atoms with Gasteiger partial charge in [0.15, 0.2) is 5.58 Å². The summed E-state index contributed by atoms with van der Waals surface area (Å²) in [5.41, 5.74) is 12.6. The largest absolute Gasteiger partial charge is 0.435 e. The number of hydrogen-bond acceptors (Lipinski definition) is 3. The molecule has 254 valence electrons. The molecule has 0 saturated heterocycles. The van der Waals surface area contributed by atoms with E-state index in [2.05, 4.69) is 181 Å². The molecule has 0 aliphatic rings. The van der Waals surface area contributed by atoms with Crippen LogP contribution in [0.2, 0.25) is 0 Å². The maximum Gasteiger partial charge on any atom is 0.227 e. The topological polar surface area (TPSA) is 29.3 Å². The number of oxazole rings is 1. The molecule has 3 heteroatoms. The Morgan fingerprint density at radius 2 is 0.907 bits per heavy atom. The molecule has 0 spiro atoms. The van der Waals surface area contributed by atoms with E-state index in [0.29, 0.717) is 5.89 Å². The molecule has 0 N–H and O–H groups in total. The molecule has 0 amide bonds. The van der Waals surface area contributed by atoms with Crippen LogP contribution >= 0.6 is 0 Å². The van der Waals surface area contributed by atoms with Crippen molar-refractivity contribution in [2.45, 2.75) is 0 Å². The van der Waals surface area contributed by atoms with Crippen LogP contribution in [0.3, 0.4) is 0 Å². The lowest BCUT2D eigenvalue weighted by atomic mass is 9.92. The van der Waals surface area contributed by atoms with Gasteiger partial charge in [0, 0.05) is 22.3 Å². The lowest BCUT2D eigenvalue weighted by Gasteiger charge is -2.27. The summed E-state index contributed by atoms with van der Waals surface area (Å²) in [5.74, 6) is 0.598. The molecule has 0 bridgehead atoms. The minimum Gasteiger partial charge on any atom is -0.435 e. The van der Waals surface area contributed by atoms with Crippen LogP contribution in [-0.4, -0.2) is 4.98 Å². The third-order valence-electron chi connectivity index (χ3n) is 10.3. The summed E-state index contributed by atoms with van der Waals surface area (Å²) in [6.07, 6.45) is 0. The Morgan fingerprint density at radius 1 is 0.370 bits per heavy atom. The fourth-order valence-electron chi connectivity index (χ4n) is 7.69. The number of aromatic nitrogens is 1. The van der Waals surface area contributed by atoms with E-state index < -0.39 is 0 Å². The zero-order valence-corrected chi connectivity index (χ0v) is 29.4. The Kier molecular flexibility index (Phi) is 7.81. The highest BCUT2D eigenvalue weighted by Gasteiger charge is 2.23. The van der Waals surface area contributed by atoms with Crippen LogP contribution in [0.4, 0.5) is 17.1 Å². The van der Waals surface area contributed by atoms with E-state index in [1.54, 1.807) is 0 Å². The van der Waals surface area contributed by atoms with E-state index in [0.717, 1.165) is 55.6 Å². The number of fused-ring (bicyclic) bond motifs is 4. The van der Waals surface area contributed by atoms with Crippen molar-refractivity contribution in [3.63, 3.8) is 0 Å².